The Morgan fingerprint density at radius 1 is 1.24 bits per heavy atom. The van der Waals surface area contributed by atoms with Gasteiger partial charge in [0, 0.05) is 17.8 Å². The van der Waals surface area contributed by atoms with Crippen molar-refractivity contribution in [2.75, 3.05) is 6.54 Å². The predicted octanol–water partition coefficient (Wildman–Crippen LogP) is 4.05. The number of carboxylic acids is 1. The van der Waals surface area contributed by atoms with Gasteiger partial charge in [-0.05, 0) is 31.9 Å². The summed E-state index contributed by atoms with van der Waals surface area (Å²) in [7, 11) is 0. The van der Waals surface area contributed by atoms with E-state index in [-0.39, 0.29) is 18.2 Å². The molecule has 1 unspecified atom stereocenters. The second kappa shape index (κ2) is 9.79. The maximum atomic E-state index is 12.0. The van der Waals surface area contributed by atoms with E-state index >= 15 is 0 Å². The molecule has 0 aliphatic carbocycles. The summed E-state index contributed by atoms with van der Waals surface area (Å²) in [6.45, 7) is 2.55. The van der Waals surface area contributed by atoms with Crippen LogP contribution in [-0.2, 0) is 9.59 Å². The van der Waals surface area contributed by atoms with Gasteiger partial charge < -0.3 is 10.4 Å². The number of carbonyl (C=O) groups is 2. The Morgan fingerprint density at radius 2 is 1.90 bits per heavy atom. The Hall–Kier alpha value is -1.07. The minimum Gasteiger partial charge on any atom is -0.481 e. The van der Waals surface area contributed by atoms with E-state index in [0.717, 1.165) is 37.0 Å². The van der Waals surface area contributed by atoms with Crippen LogP contribution in [0.3, 0.4) is 0 Å². The van der Waals surface area contributed by atoms with Gasteiger partial charge in [-0.25, -0.2) is 0 Å². The molecule has 0 aromatic carbocycles. The lowest BCUT2D eigenvalue weighted by Gasteiger charge is -2.10. The monoisotopic (exact) mass is 331 g/mol. The summed E-state index contributed by atoms with van der Waals surface area (Å²) in [5.41, 5.74) is 0. The SMILES string of the molecule is CC(C(=O)NCCCCCCCC(=O)O)c1ccc(Cl)s1. The van der Waals surface area contributed by atoms with Gasteiger partial charge in [-0.2, -0.15) is 0 Å². The van der Waals surface area contributed by atoms with Gasteiger partial charge in [-0.15, -0.1) is 11.3 Å². The third-order valence-electron chi connectivity index (χ3n) is 3.28. The Bertz CT molecular complexity index is 462. The smallest absolute Gasteiger partial charge is 0.303 e. The summed E-state index contributed by atoms with van der Waals surface area (Å²) >= 11 is 7.30. The Morgan fingerprint density at radius 3 is 2.52 bits per heavy atom. The fourth-order valence-corrected chi connectivity index (χ4v) is 3.10. The molecular weight excluding hydrogens is 310 g/mol. The molecule has 0 saturated heterocycles. The number of carboxylic acid groups (broad SMARTS) is 1. The molecule has 1 aromatic rings. The zero-order valence-corrected chi connectivity index (χ0v) is 13.8. The molecule has 1 rings (SSSR count). The minimum absolute atomic E-state index is 0.0272. The first-order chi connectivity index (χ1) is 10.0. The van der Waals surface area contributed by atoms with Crippen LogP contribution in [0.2, 0.25) is 4.34 Å². The number of hydrogen-bond donors (Lipinski definition) is 2. The topological polar surface area (TPSA) is 66.4 Å². The van der Waals surface area contributed by atoms with Gasteiger partial charge in [0.05, 0.1) is 10.3 Å². The maximum absolute atomic E-state index is 12.0. The molecule has 0 aliphatic heterocycles. The highest BCUT2D eigenvalue weighted by Gasteiger charge is 2.16. The first-order valence-corrected chi connectivity index (χ1v) is 8.45. The third-order valence-corrected chi connectivity index (χ3v) is 4.69. The lowest BCUT2D eigenvalue weighted by atomic mass is 10.1. The van der Waals surface area contributed by atoms with Crippen LogP contribution in [-0.4, -0.2) is 23.5 Å². The van der Waals surface area contributed by atoms with Crippen LogP contribution in [0.15, 0.2) is 12.1 Å². The number of carbonyl (C=O) groups excluding carboxylic acids is 1. The second-order valence-corrected chi connectivity index (χ2v) is 6.81. The van der Waals surface area contributed by atoms with Gasteiger partial charge in [0.15, 0.2) is 0 Å². The Labute approximate surface area is 134 Å². The van der Waals surface area contributed by atoms with Crippen LogP contribution < -0.4 is 5.32 Å². The Kier molecular flexibility index (Phi) is 8.38. The number of halogens is 1. The number of aliphatic carboxylic acids is 1. The molecule has 0 aliphatic rings. The van der Waals surface area contributed by atoms with E-state index in [4.69, 9.17) is 16.7 Å². The molecule has 0 fully saturated rings. The molecule has 1 heterocycles. The van der Waals surface area contributed by atoms with Crippen molar-refractivity contribution in [2.45, 2.75) is 51.4 Å². The number of hydrogen-bond acceptors (Lipinski definition) is 3. The number of unbranched alkanes of at least 4 members (excludes halogenated alkanes) is 4. The quantitative estimate of drug-likeness (QED) is 0.636. The molecule has 4 nitrogen and oxygen atoms in total. The summed E-state index contributed by atoms with van der Waals surface area (Å²) in [5, 5.41) is 11.4. The van der Waals surface area contributed by atoms with Crippen molar-refractivity contribution in [1.29, 1.82) is 0 Å². The normalized spacial score (nSPS) is 12.1. The summed E-state index contributed by atoms with van der Waals surface area (Å²) in [6, 6.07) is 3.70. The van der Waals surface area contributed by atoms with E-state index in [1.807, 2.05) is 19.1 Å². The first-order valence-electron chi connectivity index (χ1n) is 7.25. The van der Waals surface area contributed by atoms with Crippen molar-refractivity contribution in [3.05, 3.63) is 21.3 Å². The molecule has 0 spiro atoms. The first kappa shape index (κ1) is 18.0. The van der Waals surface area contributed by atoms with Crippen molar-refractivity contribution < 1.29 is 14.7 Å². The van der Waals surface area contributed by atoms with Crippen molar-refractivity contribution in [1.82, 2.24) is 5.32 Å². The van der Waals surface area contributed by atoms with Crippen LogP contribution in [0.1, 0.15) is 56.2 Å². The maximum Gasteiger partial charge on any atom is 0.303 e. The van der Waals surface area contributed by atoms with Crippen LogP contribution >= 0.6 is 22.9 Å². The molecule has 1 aromatic heterocycles. The van der Waals surface area contributed by atoms with E-state index in [0.29, 0.717) is 10.9 Å². The average Bonchev–Trinajstić information content (AvgIpc) is 2.87. The van der Waals surface area contributed by atoms with E-state index in [9.17, 15) is 9.59 Å². The van der Waals surface area contributed by atoms with Crippen molar-refractivity contribution in [3.63, 3.8) is 0 Å². The summed E-state index contributed by atoms with van der Waals surface area (Å²) in [5.74, 6) is -0.873. The van der Waals surface area contributed by atoms with Crippen molar-refractivity contribution in [3.8, 4) is 0 Å². The number of nitrogens with one attached hydrogen (secondary N) is 1. The average molecular weight is 332 g/mol. The number of amides is 1. The van der Waals surface area contributed by atoms with Gasteiger partial charge in [0.2, 0.25) is 5.91 Å². The zero-order valence-electron chi connectivity index (χ0n) is 12.2. The predicted molar refractivity (Wildman–Crippen MR) is 86.1 cm³/mol. The molecule has 21 heavy (non-hydrogen) atoms. The number of rotatable bonds is 10. The van der Waals surface area contributed by atoms with Gasteiger partial charge in [0.1, 0.15) is 0 Å². The molecule has 1 atom stereocenters. The molecular formula is C15H22ClNO3S. The van der Waals surface area contributed by atoms with Crippen molar-refractivity contribution in [2.24, 2.45) is 0 Å². The lowest BCUT2D eigenvalue weighted by molar-refractivity contribution is -0.137. The second-order valence-electron chi connectivity index (χ2n) is 5.07. The summed E-state index contributed by atoms with van der Waals surface area (Å²) in [4.78, 5) is 23.3. The van der Waals surface area contributed by atoms with Gasteiger partial charge in [-0.1, -0.05) is 30.9 Å². The molecule has 1 amide bonds. The summed E-state index contributed by atoms with van der Waals surface area (Å²) in [6.07, 6.45) is 4.87. The van der Waals surface area contributed by atoms with Gasteiger partial charge in [-0.3, -0.25) is 9.59 Å². The highest BCUT2D eigenvalue weighted by Crippen LogP contribution is 2.28. The molecule has 0 bridgehead atoms. The molecule has 2 N–H and O–H groups in total. The molecule has 6 heteroatoms. The fourth-order valence-electron chi connectivity index (χ4n) is 1.99. The van der Waals surface area contributed by atoms with E-state index < -0.39 is 5.97 Å². The molecule has 0 radical (unpaired) electrons. The van der Waals surface area contributed by atoms with Gasteiger partial charge in [0.25, 0.3) is 0 Å². The number of thiophene rings is 1. The van der Waals surface area contributed by atoms with Crippen LogP contribution in [0.5, 0.6) is 0 Å². The van der Waals surface area contributed by atoms with Crippen LogP contribution in [0.4, 0.5) is 0 Å². The van der Waals surface area contributed by atoms with Crippen LogP contribution in [0.25, 0.3) is 0 Å². The standard InChI is InChI=1S/C15H22ClNO3S/c1-11(12-8-9-13(16)21-12)15(20)17-10-6-4-2-3-5-7-14(18)19/h8-9,11H,2-7,10H2,1H3,(H,17,20)(H,18,19). The van der Waals surface area contributed by atoms with E-state index in [1.54, 1.807) is 0 Å². The largest absolute Gasteiger partial charge is 0.481 e. The van der Waals surface area contributed by atoms with E-state index in [1.165, 1.54) is 11.3 Å². The summed E-state index contributed by atoms with van der Waals surface area (Å²) < 4.78 is 0.700. The molecule has 0 saturated carbocycles. The Balaban J connectivity index is 2.07. The van der Waals surface area contributed by atoms with E-state index in [2.05, 4.69) is 5.32 Å². The minimum atomic E-state index is -0.732. The van der Waals surface area contributed by atoms with Gasteiger partial charge >= 0.3 is 5.97 Å². The zero-order chi connectivity index (χ0) is 15.7. The highest BCUT2D eigenvalue weighted by atomic mass is 35.5. The highest BCUT2D eigenvalue weighted by molar-refractivity contribution is 7.16. The lowest BCUT2D eigenvalue weighted by Crippen LogP contribution is -2.28. The third kappa shape index (κ3) is 7.48. The fraction of sp³-hybridized carbons (Fsp3) is 0.600. The molecule has 118 valence electrons. The van der Waals surface area contributed by atoms with Crippen LogP contribution in [0, 0.1) is 0 Å². The van der Waals surface area contributed by atoms with Crippen molar-refractivity contribution >= 4 is 34.8 Å².